The number of nitro groups is 1. The van der Waals surface area contributed by atoms with Gasteiger partial charge in [-0.05, 0) is 17.7 Å². The van der Waals surface area contributed by atoms with Crippen LogP contribution in [0.3, 0.4) is 0 Å². The van der Waals surface area contributed by atoms with Crippen LogP contribution >= 0.6 is 0 Å². The molecule has 0 unspecified atom stereocenters. The second-order valence-corrected chi connectivity index (χ2v) is 5.46. The predicted octanol–water partition coefficient (Wildman–Crippen LogP) is 2.45. The van der Waals surface area contributed by atoms with Gasteiger partial charge in [0.2, 0.25) is 5.91 Å². The minimum atomic E-state index is -0.991. The van der Waals surface area contributed by atoms with Gasteiger partial charge in [-0.1, -0.05) is 30.3 Å². The third kappa shape index (κ3) is 3.99. The van der Waals surface area contributed by atoms with Crippen molar-refractivity contribution in [1.82, 2.24) is 5.32 Å². The fourth-order valence-electron chi connectivity index (χ4n) is 2.32. The summed E-state index contributed by atoms with van der Waals surface area (Å²) >= 11 is 0. The lowest BCUT2D eigenvalue weighted by Crippen LogP contribution is -2.43. The second-order valence-electron chi connectivity index (χ2n) is 5.46. The average molecular weight is 350 g/mol. The van der Waals surface area contributed by atoms with Crippen molar-refractivity contribution in [1.29, 1.82) is 0 Å². The van der Waals surface area contributed by atoms with Crippen molar-refractivity contribution in [3.8, 4) is 0 Å². The van der Waals surface area contributed by atoms with Crippen LogP contribution in [0.5, 0.6) is 0 Å². The predicted molar refractivity (Wildman–Crippen MR) is 97.3 cm³/mol. The van der Waals surface area contributed by atoms with E-state index in [9.17, 15) is 19.7 Å². The number of carbonyl (C=O) groups is 2. The molecule has 8 nitrogen and oxygen atoms in total. The van der Waals surface area contributed by atoms with E-state index in [0.29, 0.717) is 5.69 Å². The topological polar surface area (TPSA) is 114 Å². The molecule has 0 radical (unpaired) electrons. The molecular formula is C18H14N4O4. The van der Waals surface area contributed by atoms with Crippen LogP contribution in [0.1, 0.15) is 5.56 Å². The molecule has 2 N–H and O–H groups in total. The monoisotopic (exact) mass is 350 g/mol. The third-order valence-electron chi connectivity index (χ3n) is 3.62. The summed E-state index contributed by atoms with van der Waals surface area (Å²) in [7, 11) is 0. The normalized spacial score (nSPS) is 15.8. The molecule has 0 bridgehead atoms. The molecule has 2 aromatic rings. The molecule has 0 aliphatic carbocycles. The summed E-state index contributed by atoms with van der Waals surface area (Å²) in [6.45, 7) is 0. The van der Waals surface area contributed by atoms with Gasteiger partial charge in [0.05, 0.1) is 16.3 Å². The molecule has 2 amide bonds. The Bertz CT molecular complexity index is 922. The van der Waals surface area contributed by atoms with Crippen LogP contribution in [0.4, 0.5) is 17.1 Å². The van der Waals surface area contributed by atoms with Crippen LogP contribution in [0.25, 0.3) is 6.08 Å². The number of hydrogen-bond acceptors (Lipinski definition) is 5. The molecule has 1 aliphatic rings. The van der Waals surface area contributed by atoms with E-state index in [4.69, 9.17) is 0 Å². The third-order valence-corrected chi connectivity index (χ3v) is 3.62. The number of rotatable bonds is 4. The molecule has 3 rings (SSSR count). The van der Waals surface area contributed by atoms with E-state index in [1.54, 1.807) is 6.08 Å². The zero-order chi connectivity index (χ0) is 18.5. The summed E-state index contributed by atoms with van der Waals surface area (Å²) in [5, 5.41) is 15.9. The largest absolute Gasteiger partial charge is 0.336 e. The smallest absolute Gasteiger partial charge is 0.271 e. The second kappa shape index (κ2) is 7.39. The van der Waals surface area contributed by atoms with Gasteiger partial charge in [0, 0.05) is 24.4 Å². The van der Waals surface area contributed by atoms with Gasteiger partial charge >= 0.3 is 0 Å². The number of hydrogen-bond donors (Lipinski definition) is 2. The minimum Gasteiger partial charge on any atom is -0.336 e. The number of benzene rings is 2. The summed E-state index contributed by atoms with van der Waals surface area (Å²) in [4.78, 5) is 38.7. The van der Waals surface area contributed by atoms with Gasteiger partial charge < -0.3 is 10.6 Å². The average Bonchev–Trinajstić information content (AvgIpc) is 2.79. The summed E-state index contributed by atoms with van der Waals surface area (Å²) in [6, 6.07) is 12.2. The number of anilines is 1. The zero-order valence-corrected chi connectivity index (χ0v) is 13.5. The Balaban J connectivity index is 1.70. The Morgan fingerprint density at radius 2 is 2.00 bits per heavy atom. The summed E-state index contributed by atoms with van der Waals surface area (Å²) in [6.07, 6.45) is 4.24. The van der Waals surface area contributed by atoms with Crippen molar-refractivity contribution in [3.63, 3.8) is 0 Å². The lowest BCUT2D eigenvalue weighted by molar-refractivity contribution is -0.384. The van der Waals surface area contributed by atoms with Crippen LogP contribution in [0.15, 0.2) is 59.6 Å². The van der Waals surface area contributed by atoms with Crippen molar-refractivity contribution in [2.45, 2.75) is 6.04 Å². The van der Waals surface area contributed by atoms with Gasteiger partial charge in [0.15, 0.2) is 0 Å². The Morgan fingerprint density at radius 3 is 2.73 bits per heavy atom. The van der Waals surface area contributed by atoms with Crippen molar-refractivity contribution in [2.24, 2.45) is 4.99 Å². The number of aliphatic imine (C=N–C) groups is 1. The van der Waals surface area contributed by atoms with Gasteiger partial charge in [-0.25, -0.2) is 0 Å². The lowest BCUT2D eigenvalue weighted by Gasteiger charge is -2.11. The fourth-order valence-corrected chi connectivity index (χ4v) is 2.32. The number of fused-ring (bicyclic) bond motifs is 1. The van der Waals surface area contributed by atoms with Crippen LogP contribution < -0.4 is 10.6 Å². The molecule has 2 aromatic carbocycles. The molecule has 130 valence electrons. The van der Waals surface area contributed by atoms with Gasteiger partial charge in [-0.3, -0.25) is 24.7 Å². The first-order valence-corrected chi connectivity index (χ1v) is 7.70. The zero-order valence-electron chi connectivity index (χ0n) is 13.5. The molecule has 0 aromatic heterocycles. The van der Waals surface area contributed by atoms with E-state index in [1.165, 1.54) is 30.5 Å². The molecule has 8 heteroatoms. The summed E-state index contributed by atoms with van der Waals surface area (Å²) < 4.78 is 0. The molecule has 0 spiro atoms. The van der Waals surface area contributed by atoms with Crippen LogP contribution in [-0.4, -0.2) is 29.0 Å². The SMILES string of the molecule is O=C(/C=C\c1ccccc1)N[C@@H]1C=Nc2ccc([N+](=O)[O-])cc2NC1=O. The molecule has 0 saturated carbocycles. The Morgan fingerprint density at radius 1 is 1.23 bits per heavy atom. The Hall–Kier alpha value is -3.81. The van der Waals surface area contributed by atoms with Crippen LogP contribution in [0.2, 0.25) is 0 Å². The van der Waals surface area contributed by atoms with E-state index in [2.05, 4.69) is 15.6 Å². The Kier molecular flexibility index (Phi) is 4.84. The number of amides is 2. The molecule has 0 fully saturated rings. The van der Waals surface area contributed by atoms with Gasteiger partial charge in [0.1, 0.15) is 6.04 Å². The van der Waals surface area contributed by atoms with Crippen LogP contribution in [0, 0.1) is 10.1 Å². The number of carbonyl (C=O) groups excluding carboxylic acids is 2. The van der Waals surface area contributed by atoms with E-state index < -0.39 is 22.8 Å². The standard InChI is InChI=1S/C18H14N4O4/c23-17(9-6-12-4-2-1-3-5-12)20-16-11-19-14-8-7-13(22(25)26)10-15(14)21-18(16)24/h1-11,16H,(H,20,23)(H,21,24)/b9-6-/t16-/m1/s1. The molecule has 0 saturated heterocycles. The van der Waals surface area contributed by atoms with E-state index in [-0.39, 0.29) is 11.4 Å². The maximum atomic E-state index is 12.3. The molecule has 26 heavy (non-hydrogen) atoms. The maximum absolute atomic E-state index is 12.3. The minimum absolute atomic E-state index is 0.160. The number of nitrogens with zero attached hydrogens (tertiary/aromatic N) is 2. The first kappa shape index (κ1) is 17.0. The van der Waals surface area contributed by atoms with Crippen LogP contribution in [-0.2, 0) is 9.59 Å². The fraction of sp³-hybridized carbons (Fsp3) is 0.0556. The number of non-ortho nitro benzene ring substituents is 1. The molecule has 1 aliphatic heterocycles. The van der Waals surface area contributed by atoms with E-state index in [0.717, 1.165) is 5.56 Å². The van der Waals surface area contributed by atoms with Gasteiger partial charge in [0.25, 0.3) is 11.6 Å². The molecular weight excluding hydrogens is 336 g/mol. The number of nitro benzene ring substituents is 1. The first-order chi connectivity index (χ1) is 12.5. The number of nitrogens with one attached hydrogen (secondary N) is 2. The van der Waals surface area contributed by atoms with Crippen molar-refractivity contribution in [3.05, 3.63) is 70.3 Å². The first-order valence-electron chi connectivity index (χ1n) is 7.70. The quantitative estimate of drug-likeness (QED) is 0.501. The van der Waals surface area contributed by atoms with Gasteiger partial charge in [-0.2, -0.15) is 0 Å². The van der Waals surface area contributed by atoms with E-state index >= 15 is 0 Å². The summed E-state index contributed by atoms with van der Waals surface area (Å²) in [5.41, 5.74) is 1.28. The van der Waals surface area contributed by atoms with Crippen molar-refractivity contribution >= 4 is 41.2 Å². The highest BCUT2D eigenvalue weighted by Gasteiger charge is 2.23. The molecule has 1 heterocycles. The molecule has 1 atom stereocenters. The maximum Gasteiger partial charge on any atom is 0.271 e. The highest BCUT2D eigenvalue weighted by molar-refractivity contribution is 6.11. The summed E-state index contributed by atoms with van der Waals surface area (Å²) in [5.74, 6) is -0.994. The highest BCUT2D eigenvalue weighted by Crippen LogP contribution is 2.30. The Labute approximate surface area is 148 Å². The van der Waals surface area contributed by atoms with E-state index in [1.807, 2.05) is 30.3 Å². The van der Waals surface area contributed by atoms with Gasteiger partial charge in [-0.15, -0.1) is 0 Å². The highest BCUT2D eigenvalue weighted by atomic mass is 16.6. The van der Waals surface area contributed by atoms with Crippen molar-refractivity contribution < 1.29 is 14.5 Å². The van der Waals surface area contributed by atoms with Crippen molar-refractivity contribution in [2.75, 3.05) is 5.32 Å². The lowest BCUT2D eigenvalue weighted by atomic mass is 10.2.